The van der Waals surface area contributed by atoms with Crippen LogP contribution in [0.4, 0.5) is 5.13 Å². The second-order valence-electron chi connectivity index (χ2n) is 3.84. The summed E-state index contributed by atoms with van der Waals surface area (Å²) in [5.74, 6) is -1.51. The first-order valence-electron chi connectivity index (χ1n) is 5.66. The minimum absolute atomic E-state index is 0.151. The summed E-state index contributed by atoms with van der Waals surface area (Å²) in [6.07, 6.45) is 5.42. The van der Waals surface area contributed by atoms with E-state index in [2.05, 4.69) is 15.3 Å². The number of aryl methyl sites for hydroxylation is 1. The summed E-state index contributed by atoms with van der Waals surface area (Å²) < 4.78 is 0. The minimum Gasteiger partial charge on any atom is -0.478 e. The van der Waals surface area contributed by atoms with Crippen LogP contribution in [0.25, 0.3) is 6.08 Å². The Kier molecular flexibility index (Phi) is 4.21. The Labute approximate surface area is 118 Å². The van der Waals surface area contributed by atoms with Crippen molar-refractivity contribution in [2.24, 2.45) is 0 Å². The quantitative estimate of drug-likeness (QED) is 0.842. The molecule has 2 rings (SSSR count). The van der Waals surface area contributed by atoms with Crippen molar-refractivity contribution in [3.63, 3.8) is 0 Å². The molecule has 2 heterocycles. The Hall–Kier alpha value is -2.54. The average Bonchev–Trinajstić information content (AvgIpc) is 2.82. The molecular weight excluding hydrogens is 278 g/mol. The molecule has 6 nitrogen and oxygen atoms in total. The molecule has 0 aromatic carbocycles. The number of carboxylic acid groups (broad SMARTS) is 1. The summed E-state index contributed by atoms with van der Waals surface area (Å²) in [5, 5.41) is 11.7. The van der Waals surface area contributed by atoms with E-state index in [1.807, 2.05) is 6.92 Å². The zero-order valence-corrected chi connectivity index (χ0v) is 11.3. The fraction of sp³-hybridized carbons (Fsp3) is 0.0769. The third kappa shape index (κ3) is 3.48. The van der Waals surface area contributed by atoms with E-state index in [0.29, 0.717) is 10.7 Å². The number of hydrogen-bond acceptors (Lipinski definition) is 5. The lowest BCUT2D eigenvalue weighted by Crippen LogP contribution is -2.14. The van der Waals surface area contributed by atoms with E-state index < -0.39 is 11.9 Å². The van der Waals surface area contributed by atoms with Crippen molar-refractivity contribution in [3.8, 4) is 0 Å². The average molecular weight is 289 g/mol. The summed E-state index contributed by atoms with van der Waals surface area (Å²) in [7, 11) is 0. The predicted molar refractivity (Wildman–Crippen MR) is 75.7 cm³/mol. The van der Waals surface area contributed by atoms with Crippen LogP contribution in [-0.4, -0.2) is 27.0 Å². The lowest BCUT2D eigenvalue weighted by atomic mass is 10.1. The van der Waals surface area contributed by atoms with Gasteiger partial charge in [0, 0.05) is 28.9 Å². The van der Waals surface area contributed by atoms with Crippen LogP contribution >= 0.6 is 11.3 Å². The molecule has 2 aromatic heterocycles. The number of thiazole rings is 1. The molecule has 7 heteroatoms. The van der Waals surface area contributed by atoms with Crippen LogP contribution in [0.1, 0.15) is 20.9 Å². The van der Waals surface area contributed by atoms with Crippen LogP contribution in [-0.2, 0) is 4.79 Å². The number of nitrogens with zero attached hydrogens (tertiary/aromatic N) is 2. The molecule has 20 heavy (non-hydrogen) atoms. The van der Waals surface area contributed by atoms with E-state index in [-0.39, 0.29) is 5.69 Å². The molecule has 0 spiro atoms. The van der Waals surface area contributed by atoms with Gasteiger partial charge in [0.1, 0.15) is 5.69 Å². The number of aromatic nitrogens is 2. The third-order valence-corrected chi connectivity index (χ3v) is 3.13. The number of carbonyl (C=O) groups is 2. The molecule has 0 bridgehead atoms. The standard InChI is InChI=1S/C13H11N3O3S/c1-8-7-15-13(20-8)16-12(19)11-9(3-2-6-14-11)4-5-10(17)18/h2-7H,1H3,(H,17,18)(H,15,16,19)/b5-4+. The number of rotatable bonds is 4. The molecule has 0 unspecified atom stereocenters. The van der Waals surface area contributed by atoms with Crippen molar-refractivity contribution in [2.75, 3.05) is 5.32 Å². The van der Waals surface area contributed by atoms with Crippen molar-refractivity contribution >= 4 is 34.4 Å². The summed E-state index contributed by atoms with van der Waals surface area (Å²) in [5.41, 5.74) is 0.582. The molecule has 2 N–H and O–H groups in total. The molecule has 0 aliphatic rings. The van der Waals surface area contributed by atoms with Gasteiger partial charge in [-0.15, -0.1) is 11.3 Å². The molecular formula is C13H11N3O3S. The summed E-state index contributed by atoms with van der Waals surface area (Å²) >= 11 is 1.35. The van der Waals surface area contributed by atoms with Crippen molar-refractivity contribution < 1.29 is 14.7 Å². The van der Waals surface area contributed by atoms with Gasteiger partial charge in [0.15, 0.2) is 5.13 Å². The van der Waals surface area contributed by atoms with Gasteiger partial charge in [-0.05, 0) is 19.1 Å². The van der Waals surface area contributed by atoms with Gasteiger partial charge >= 0.3 is 5.97 Å². The molecule has 0 aliphatic carbocycles. The topological polar surface area (TPSA) is 92.2 Å². The molecule has 2 aromatic rings. The predicted octanol–water partition coefficient (Wildman–Crippen LogP) is 2.20. The minimum atomic E-state index is -1.09. The van der Waals surface area contributed by atoms with Crippen LogP contribution in [0.5, 0.6) is 0 Å². The van der Waals surface area contributed by atoms with Crippen molar-refractivity contribution in [2.45, 2.75) is 6.92 Å². The highest BCUT2D eigenvalue weighted by Gasteiger charge is 2.13. The zero-order valence-electron chi connectivity index (χ0n) is 10.5. The van der Waals surface area contributed by atoms with Gasteiger partial charge in [-0.2, -0.15) is 0 Å². The highest BCUT2D eigenvalue weighted by molar-refractivity contribution is 7.15. The molecule has 1 amide bonds. The maximum Gasteiger partial charge on any atom is 0.328 e. The molecule has 0 saturated carbocycles. The second kappa shape index (κ2) is 6.07. The Bertz CT molecular complexity index is 679. The second-order valence-corrected chi connectivity index (χ2v) is 5.08. The lowest BCUT2D eigenvalue weighted by Gasteiger charge is -2.04. The number of pyridine rings is 1. The number of aliphatic carboxylic acids is 1. The van der Waals surface area contributed by atoms with Crippen LogP contribution in [0.3, 0.4) is 0 Å². The maximum atomic E-state index is 12.1. The van der Waals surface area contributed by atoms with E-state index in [1.165, 1.54) is 23.6 Å². The van der Waals surface area contributed by atoms with Gasteiger partial charge in [0.2, 0.25) is 0 Å². The van der Waals surface area contributed by atoms with Crippen LogP contribution in [0, 0.1) is 6.92 Å². The van der Waals surface area contributed by atoms with E-state index >= 15 is 0 Å². The van der Waals surface area contributed by atoms with Gasteiger partial charge in [-0.1, -0.05) is 6.07 Å². The lowest BCUT2D eigenvalue weighted by molar-refractivity contribution is -0.131. The first kappa shape index (κ1) is 13.9. The molecule has 0 aliphatic heterocycles. The molecule has 102 valence electrons. The SMILES string of the molecule is Cc1cnc(NC(=O)c2ncccc2/C=C/C(=O)O)s1. The number of hydrogen-bond donors (Lipinski definition) is 2. The van der Waals surface area contributed by atoms with Gasteiger partial charge in [-0.3, -0.25) is 15.1 Å². The highest BCUT2D eigenvalue weighted by atomic mass is 32.1. The first-order chi connectivity index (χ1) is 9.56. The van der Waals surface area contributed by atoms with Crippen LogP contribution in [0.2, 0.25) is 0 Å². The Morgan fingerprint density at radius 2 is 2.20 bits per heavy atom. The normalized spacial score (nSPS) is 10.7. The smallest absolute Gasteiger partial charge is 0.328 e. The van der Waals surface area contributed by atoms with E-state index in [4.69, 9.17) is 5.11 Å². The van der Waals surface area contributed by atoms with Gasteiger partial charge in [0.25, 0.3) is 5.91 Å². The van der Waals surface area contributed by atoms with Crippen molar-refractivity contribution in [3.05, 3.63) is 46.7 Å². The number of carboxylic acids is 1. The zero-order chi connectivity index (χ0) is 14.5. The maximum absolute atomic E-state index is 12.1. The number of nitrogens with one attached hydrogen (secondary N) is 1. The summed E-state index contributed by atoms with van der Waals surface area (Å²) in [6.45, 7) is 1.88. The largest absolute Gasteiger partial charge is 0.478 e. The van der Waals surface area contributed by atoms with E-state index in [9.17, 15) is 9.59 Å². The fourth-order valence-corrected chi connectivity index (χ4v) is 2.13. The van der Waals surface area contributed by atoms with E-state index in [1.54, 1.807) is 18.3 Å². The molecule has 0 atom stereocenters. The molecule has 0 saturated heterocycles. The van der Waals surface area contributed by atoms with Crippen LogP contribution < -0.4 is 5.32 Å². The van der Waals surface area contributed by atoms with Crippen molar-refractivity contribution in [1.29, 1.82) is 0 Å². The third-order valence-electron chi connectivity index (χ3n) is 2.30. The Balaban J connectivity index is 2.23. The molecule has 0 radical (unpaired) electrons. The van der Waals surface area contributed by atoms with Crippen LogP contribution in [0.15, 0.2) is 30.6 Å². The summed E-state index contributed by atoms with van der Waals surface area (Å²) in [4.78, 5) is 31.6. The first-order valence-corrected chi connectivity index (χ1v) is 6.47. The number of amides is 1. The highest BCUT2D eigenvalue weighted by Crippen LogP contribution is 2.18. The van der Waals surface area contributed by atoms with Gasteiger partial charge in [-0.25, -0.2) is 9.78 Å². The number of carbonyl (C=O) groups excluding carboxylic acids is 1. The number of anilines is 1. The van der Waals surface area contributed by atoms with E-state index in [0.717, 1.165) is 11.0 Å². The Morgan fingerprint density at radius 3 is 2.85 bits per heavy atom. The molecule has 0 fully saturated rings. The Morgan fingerprint density at radius 1 is 1.40 bits per heavy atom. The van der Waals surface area contributed by atoms with Gasteiger partial charge < -0.3 is 5.11 Å². The monoisotopic (exact) mass is 289 g/mol. The van der Waals surface area contributed by atoms with Gasteiger partial charge in [0.05, 0.1) is 0 Å². The fourth-order valence-electron chi connectivity index (χ4n) is 1.47. The van der Waals surface area contributed by atoms with Crippen molar-refractivity contribution in [1.82, 2.24) is 9.97 Å². The summed E-state index contributed by atoms with van der Waals surface area (Å²) in [6, 6.07) is 3.25.